The molecule has 0 aliphatic rings. The number of aryl methyl sites for hydroxylation is 1. The lowest BCUT2D eigenvalue weighted by Crippen LogP contribution is -2.30. The first-order chi connectivity index (χ1) is 11.6. The predicted octanol–water partition coefficient (Wildman–Crippen LogP) is 3.16. The van der Waals surface area contributed by atoms with Gasteiger partial charge < -0.3 is 9.88 Å². The highest BCUT2D eigenvalue weighted by Gasteiger charge is 2.17. The van der Waals surface area contributed by atoms with Gasteiger partial charge >= 0.3 is 0 Å². The summed E-state index contributed by atoms with van der Waals surface area (Å²) in [4.78, 5) is 25.2. The molecular formula is C19H18N2O2S. The number of benzene rings is 1. The fourth-order valence-electron chi connectivity index (χ4n) is 2.53. The fourth-order valence-corrected chi connectivity index (χ4v) is 3.31. The third-order valence-electron chi connectivity index (χ3n) is 3.82. The highest BCUT2D eigenvalue weighted by Crippen LogP contribution is 2.23. The van der Waals surface area contributed by atoms with Crippen LogP contribution >= 0.6 is 11.3 Å². The van der Waals surface area contributed by atoms with Gasteiger partial charge in [0.25, 0.3) is 5.91 Å². The van der Waals surface area contributed by atoms with E-state index in [9.17, 15) is 9.59 Å². The van der Waals surface area contributed by atoms with Crippen LogP contribution in [0.2, 0.25) is 0 Å². The first kappa shape index (κ1) is 16.2. The molecule has 0 bridgehead atoms. The van der Waals surface area contributed by atoms with Gasteiger partial charge in [-0.3, -0.25) is 9.59 Å². The first-order valence-corrected chi connectivity index (χ1v) is 8.56. The molecule has 1 atom stereocenters. The van der Waals surface area contributed by atoms with Gasteiger partial charge in [-0.15, -0.1) is 11.3 Å². The number of thiophene rings is 1. The number of carbonyl (C=O) groups is 1. The van der Waals surface area contributed by atoms with E-state index >= 15 is 0 Å². The van der Waals surface area contributed by atoms with Crippen LogP contribution in [0.5, 0.6) is 0 Å². The zero-order valence-corrected chi connectivity index (χ0v) is 14.1. The molecule has 0 radical (unpaired) electrons. The minimum atomic E-state index is -0.181. The van der Waals surface area contributed by atoms with Crippen LogP contribution in [0, 0.1) is 0 Å². The van der Waals surface area contributed by atoms with Gasteiger partial charge in [-0.1, -0.05) is 36.4 Å². The molecule has 0 fully saturated rings. The molecule has 122 valence electrons. The molecule has 0 aliphatic heterocycles. The maximum absolute atomic E-state index is 12.6. The summed E-state index contributed by atoms with van der Waals surface area (Å²) in [6.45, 7) is 0. The Morgan fingerprint density at radius 3 is 2.58 bits per heavy atom. The summed E-state index contributed by atoms with van der Waals surface area (Å²) in [5, 5.41) is 5.09. The Hall–Kier alpha value is -2.66. The lowest BCUT2D eigenvalue weighted by atomic mass is 10.0. The monoisotopic (exact) mass is 338 g/mol. The van der Waals surface area contributed by atoms with Crippen LogP contribution in [0.3, 0.4) is 0 Å². The molecule has 0 aliphatic carbocycles. The van der Waals surface area contributed by atoms with Crippen molar-refractivity contribution in [2.75, 3.05) is 0 Å². The van der Waals surface area contributed by atoms with Crippen LogP contribution in [0.4, 0.5) is 0 Å². The van der Waals surface area contributed by atoms with Crippen molar-refractivity contribution in [1.82, 2.24) is 9.88 Å². The highest BCUT2D eigenvalue weighted by atomic mass is 32.1. The number of hydrogen-bond acceptors (Lipinski definition) is 3. The quantitative estimate of drug-likeness (QED) is 0.777. The molecule has 2 heterocycles. The Bertz CT molecular complexity index is 870. The predicted molar refractivity (Wildman–Crippen MR) is 96.4 cm³/mol. The Morgan fingerprint density at radius 2 is 1.92 bits per heavy atom. The lowest BCUT2D eigenvalue weighted by Gasteiger charge is -2.18. The van der Waals surface area contributed by atoms with E-state index in [4.69, 9.17) is 0 Å². The summed E-state index contributed by atoms with van der Waals surface area (Å²) >= 11 is 1.62. The van der Waals surface area contributed by atoms with Crippen LogP contribution in [-0.4, -0.2) is 10.5 Å². The molecule has 5 heteroatoms. The van der Waals surface area contributed by atoms with E-state index in [2.05, 4.69) is 17.4 Å². The summed E-state index contributed by atoms with van der Waals surface area (Å²) < 4.78 is 1.41. The Labute approximate surface area is 144 Å². The van der Waals surface area contributed by atoms with Gasteiger partial charge in [-0.05, 0) is 29.5 Å². The summed E-state index contributed by atoms with van der Waals surface area (Å²) in [6.07, 6.45) is 2.28. The van der Waals surface area contributed by atoms with Gasteiger partial charge in [0.15, 0.2) is 0 Å². The maximum Gasteiger partial charge on any atom is 0.253 e. The molecule has 4 nitrogen and oxygen atoms in total. The number of hydrogen-bond donors (Lipinski definition) is 1. The van der Waals surface area contributed by atoms with E-state index in [-0.39, 0.29) is 17.5 Å². The lowest BCUT2D eigenvalue weighted by molar-refractivity contribution is 0.0936. The van der Waals surface area contributed by atoms with Gasteiger partial charge in [0.1, 0.15) is 0 Å². The number of aromatic nitrogens is 1. The van der Waals surface area contributed by atoms with Gasteiger partial charge in [-0.25, -0.2) is 0 Å². The molecule has 3 aromatic rings. The van der Waals surface area contributed by atoms with E-state index in [1.54, 1.807) is 30.6 Å². The SMILES string of the molecule is Cn1cc(C(=O)NC(Cc2ccccc2)c2cccs2)ccc1=O. The molecule has 24 heavy (non-hydrogen) atoms. The average Bonchev–Trinajstić information content (AvgIpc) is 3.12. The van der Waals surface area contributed by atoms with Crippen molar-refractivity contribution in [3.05, 3.63) is 92.5 Å². The van der Waals surface area contributed by atoms with Crippen molar-refractivity contribution < 1.29 is 4.79 Å². The molecule has 2 aromatic heterocycles. The molecule has 0 saturated heterocycles. The Kier molecular flexibility index (Phi) is 4.91. The van der Waals surface area contributed by atoms with Crippen LogP contribution in [-0.2, 0) is 13.5 Å². The van der Waals surface area contributed by atoms with Crippen molar-refractivity contribution in [1.29, 1.82) is 0 Å². The molecule has 1 aromatic carbocycles. The van der Waals surface area contributed by atoms with E-state index < -0.39 is 0 Å². The molecule has 1 amide bonds. The van der Waals surface area contributed by atoms with Crippen molar-refractivity contribution in [2.45, 2.75) is 12.5 Å². The average molecular weight is 338 g/mol. The molecular weight excluding hydrogens is 320 g/mol. The van der Waals surface area contributed by atoms with Crippen LogP contribution in [0.25, 0.3) is 0 Å². The van der Waals surface area contributed by atoms with Crippen LogP contribution in [0.1, 0.15) is 26.8 Å². The Balaban J connectivity index is 1.82. The van der Waals surface area contributed by atoms with Gasteiger partial charge in [0, 0.05) is 24.2 Å². The minimum Gasteiger partial charge on any atom is -0.344 e. The van der Waals surface area contributed by atoms with Gasteiger partial charge in [0.05, 0.1) is 11.6 Å². The summed E-state index contributed by atoms with van der Waals surface area (Å²) in [5.74, 6) is -0.181. The fraction of sp³-hybridized carbons (Fsp3) is 0.158. The molecule has 0 saturated carbocycles. The zero-order valence-electron chi connectivity index (χ0n) is 13.3. The summed E-state index contributed by atoms with van der Waals surface area (Å²) in [6, 6.07) is 17.0. The largest absolute Gasteiger partial charge is 0.344 e. The Morgan fingerprint density at radius 1 is 1.12 bits per heavy atom. The van der Waals surface area contributed by atoms with Crippen molar-refractivity contribution in [3.8, 4) is 0 Å². The van der Waals surface area contributed by atoms with Crippen molar-refractivity contribution >= 4 is 17.2 Å². The zero-order chi connectivity index (χ0) is 16.9. The molecule has 3 rings (SSSR count). The molecule has 1 unspecified atom stereocenters. The molecule has 1 N–H and O–H groups in total. The summed E-state index contributed by atoms with van der Waals surface area (Å²) in [7, 11) is 1.64. The number of pyridine rings is 1. The minimum absolute atomic E-state index is 0.0999. The summed E-state index contributed by atoms with van der Waals surface area (Å²) in [5.41, 5.74) is 1.51. The van der Waals surface area contributed by atoms with Gasteiger partial charge in [0.2, 0.25) is 5.56 Å². The standard InChI is InChI=1S/C19H18N2O2S/c1-21-13-15(9-10-18(21)22)19(23)20-16(17-8-5-11-24-17)12-14-6-3-2-4-7-14/h2-11,13,16H,12H2,1H3,(H,20,23). The number of nitrogens with one attached hydrogen (secondary N) is 1. The topological polar surface area (TPSA) is 51.1 Å². The van der Waals surface area contributed by atoms with Crippen LogP contribution in [0.15, 0.2) is 71.0 Å². The number of rotatable bonds is 5. The first-order valence-electron chi connectivity index (χ1n) is 7.68. The number of carbonyl (C=O) groups excluding carboxylic acids is 1. The number of amides is 1. The third-order valence-corrected chi connectivity index (χ3v) is 4.81. The highest BCUT2D eigenvalue weighted by molar-refractivity contribution is 7.10. The second kappa shape index (κ2) is 7.27. The van der Waals surface area contributed by atoms with Crippen LogP contribution < -0.4 is 10.9 Å². The van der Waals surface area contributed by atoms with Crippen molar-refractivity contribution in [2.24, 2.45) is 7.05 Å². The second-order valence-corrected chi connectivity index (χ2v) is 6.58. The van der Waals surface area contributed by atoms with E-state index in [1.807, 2.05) is 35.7 Å². The van der Waals surface area contributed by atoms with Crippen molar-refractivity contribution in [3.63, 3.8) is 0 Å². The second-order valence-electron chi connectivity index (χ2n) is 5.60. The van der Waals surface area contributed by atoms with E-state index in [1.165, 1.54) is 10.6 Å². The van der Waals surface area contributed by atoms with Gasteiger partial charge in [-0.2, -0.15) is 0 Å². The smallest absolute Gasteiger partial charge is 0.253 e. The maximum atomic E-state index is 12.6. The van der Waals surface area contributed by atoms with E-state index in [0.29, 0.717) is 5.56 Å². The normalized spacial score (nSPS) is 11.9. The number of nitrogens with zero attached hydrogens (tertiary/aromatic N) is 1. The molecule has 0 spiro atoms. The van der Waals surface area contributed by atoms with E-state index in [0.717, 1.165) is 16.9 Å². The third kappa shape index (κ3) is 3.81.